The third-order valence-electron chi connectivity index (χ3n) is 12.2. The van der Waals surface area contributed by atoms with Gasteiger partial charge in [0.2, 0.25) is 11.8 Å². The van der Waals surface area contributed by atoms with Gasteiger partial charge in [-0.2, -0.15) is 0 Å². The van der Waals surface area contributed by atoms with Gasteiger partial charge >= 0.3 is 0 Å². The fraction of sp³-hybridized carbons (Fsp3) is 0.419. The van der Waals surface area contributed by atoms with Crippen LogP contribution < -0.4 is 25.6 Å². The van der Waals surface area contributed by atoms with Crippen molar-refractivity contribution in [1.82, 2.24) is 30.1 Å². The first-order valence-corrected chi connectivity index (χ1v) is 19.5. The second-order valence-corrected chi connectivity index (χ2v) is 15.5. The quantitative estimate of drug-likeness (QED) is 0.181. The number of pyridine rings is 1. The Balaban J connectivity index is 0.736. The number of nitrogens with zero attached hydrogens (tertiary/aromatic N) is 6. The number of anilines is 4. The van der Waals surface area contributed by atoms with Gasteiger partial charge in [0.1, 0.15) is 12.3 Å². The highest BCUT2D eigenvalue weighted by atomic mass is 16.5. The zero-order chi connectivity index (χ0) is 35.9. The number of allylic oxidation sites excluding steroid dienone is 2. The molecule has 4 aromatic rings. The van der Waals surface area contributed by atoms with E-state index in [1.165, 1.54) is 40.7 Å². The monoisotopic (exact) mass is 709 g/mol. The number of piperidine rings is 1. The van der Waals surface area contributed by atoms with E-state index in [4.69, 9.17) is 9.72 Å². The van der Waals surface area contributed by atoms with Crippen molar-refractivity contribution in [2.75, 3.05) is 61.4 Å². The van der Waals surface area contributed by atoms with Gasteiger partial charge in [0.15, 0.2) is 0 Å². The molecule has 3 fully saturated rings. The highest BCUT2D eigenvalue weighted by molar-refractivity contribution is 5.70. The van der Waals surface area contributed by atoms with Gasteiger partial charge in [-0.05, 0) is 79.3 Å². The van der Waals surface area contributed by atoms with Gasteiger partial charge < -0.3 is 25.6 Å². The number of hydrogen-bond acceptors (Lipinski definition) is 10. The predicted octanol–water partition coefficient (Wildman–Crippen LogP) is 6.85. The second-order valence-electron chi connectivity index (χ2n) is 15.5. The van der Waals surface area contributed by atoms with E-state index in [2.05, 4.69) is 109 Å². The summed E-state index contributed by atoms with van der Waals surface area (Å²) in [6, 6.07) is 18.9. The molecule has 2 aromatic heterocycles. The van der Waals surface area contributed by atoms with Crippen LogP contribution in [0.1, 0.15) is 71.0 Å². The Hall–Kier alpha value is -4.93. The highest BCUT2D eigenvalue weighted by Gasteiger charge is 2.36. The molecule has 4 aliphatic heterocycles. The third kappa shape index (κ3) is 7.10. The SMILES string of the molecule is C=C1CCC(c2ccc(C3CC(N4CCN(Cc5ccc(Nc6ncc7c(n6)CN(c6cnc8c(c6C)NCCO8)CC7)cc5)CC4)C3)cc2)C(=C)N1. The first-order valence-electron chi connectivity index (χ1n) is 19.5. The minimum absolute atomic E-state index is 0.389. The van der Waals surface area contributed by atoms with E-state index in [-0.39, 0.29) is 0 Å². The lowest BCUT2D eigenvalue weighted by Gasteiger charge is -2.46. The van der Waals surface area contributed by atoms with Crippen LogP contribution in [0.5, 0.6) is 5.88 Å². The van der Waals surface area contributed by atoms with Crippen LogP contribution in [0, 0.1) is 6.92 Å². The maximum atomic E-state index is 5.74. The molecule has 0 amide bonds. The van der Waals surface area contributed by atoms with E-state index in [0.29, 0.717) is 36.3 Å². The molecule has 274 valence electrons. The van der Waals surface area contributed by atoms with Crippen molar-refractivity contribution >= 4 is 23.0 Å². The Morgan fingerprint density at radius 1 is 0.906 bits per heavy atom. The van der Waals surface area contributed by atoms with Crippen LogP contribution in [-0.4, -0.2) is 76.7 Å². The largest absolute Gasteiger partial charge is 0.474 e. The summed E-state index contributed by atoms with van der Waals surface area (Å²) in [5, 5.41) is 10.3. The van der Waals surface area contributed by atoms with Crippen molar-refractivity contribution in [2.45, 2.75) is 70.0 Å². The van der Waals surface area contributed by atoms with E-state index in [0.717, 1.165) is 106 Å². The Bertz CT molecular complexity index is 1980. The summed E-state index contributed by atoms with van der Waals surface area (Å²) in [6.07, 6.45) is 9.49. The second kappa shape index (κ2) is 14.5. The number of nitrogens with one attached hydrogen (secondary N) is 3. The molecular weight excluding hydrogens is 659 g/mol. The maximum Gasteiger partial charge on any atom is 0.237 e. The lowest BCUT2D eigenvalue weighted by atomic mass is 9.74. The molecular formula is C43H51N9O. The van der Waals surface area contributed by atoms with Gasteiger partial charge in [-0.3, -0.25) is 9.80 Å². The lowest BCUT2D eigenvalue weighted by molar-refractivity contribution is 0.0487. The van der Waals surface area contributed by atoms with E-state index < -0.39 is 0 Å². The summed E-state index contributed by atoms with van der Waals surface area (Å²) in [5.74, 6) is 2.40. The number of hydrogen-bond donors (Lipinski definition) is 3. The van der Waals surface area contributed by atoms with Gasteiger partial charge in [-0.25, -0.2) is 15.0 Å². The zero-order valence-electron chi connectivity index (χ0n) is 30.9. The average molecular weight is 710 g/mol. The molecule has 1 atom stereocenters. The van der Waals surface area contributed by atoms with E-state index in [9.17, 15) is 0 Å². The fourth-order valence-electron chi connectivity index (χ4n) is 8.86. The normalized spacial score (nSPS) is 23.2. The van der Waals surface area contributed by atoms with Crippen molar-refractivity contribution < 1.29 is 4.74 Å². The van der Waals surface area contributed by atoms with Gasteiger partial charge in [-0.15, -0.1) is 0 Å². The van der Waals surface area contributed by atoms with Crippen molar-refractivity contribution in [3.05, 3.63) is 119 Å². The van der Waals surface area contributed by atoms with Crippen LogP contribution in [0.3, 0.4) is 0 Å². The van der Waals surface area contributed by atoms with Crippen molar-refractivity contribution in [1.29, 1.82) is 0 Å². The molecule has 53 heavy (non-hydrogen) atoms. The summed E-state index contributed by atoms with van der Waals surface area (Å²) in [7, 11) is 0. The van der Waals surface area contributed by atoms with Crippen LogP contribution in [0.25, 0.3) is 0 Å². The van der Waals surface area contributed by atoms with Gasteiger partial charge in [0.05, 0.1) is 24.1 Å². The molecule has 10 nitrogen and oxygen atoms in total. The van der Waals surface area contributed by atoms with E-state index in [1.807, 2.05) is 12.4 Å². The predicted molar refractivity (Wildman–Crippen MR) is 212 cm³/mol. The van der Waals surface area contributed by atoms with Crippen molar-refractivity contribution in [3.8, 4) is 5.88 Å². The van der Waals surface area contributed by atoms with Crippen LogP contribution in [0.15, 0.2) is 85.5 Å². The van der Waals surface area contributed by atoms with Crippen LogP contribution >= 0.6 is 0 Å². The maximum absolute atomic E-state index is 5.74. The topological polar surface area (TPSA) is 93.7 Å². The molecule has 0 spiro atoms. The molecule has 1 unspecified atom stereocenters. The number of aromatic nitrogens is 3. The molecule has 6 heterocycles. The molecule has 0 bridgehead atoms. The average Bonchev–Trinajstić information content (AvgIpc) is 3.16. The summed E-state index contributed by atoms with van der Waals surface area (Å²) >= 11 is 0. The zero-order valence-corrected chi connectivity index (χ0v) is 30.9. The van der Waals surface area contributed by atoms with E-state index >= 15 is 0 Å². The number of piperazine rings is 1. The summed E-state index contributed by atoms with van der Waals surface area (Å²) < 4.78 is 5.74. The molecule has 5 aliphatic rings. The molecule has 0 radical (unpaired) electrons. The van der Waals surface area contributed by atoms with Crippen molar-refractivity contribution in [2.24, 2.45) is 0 Å². The minimum atomic E-state index is 0.389. The standard InChI is InChI=1S/C43H51N9O/c1-28-4-13-38(30(3)47-28)33-9-7-32(8-10-33)35-22-37(23-35)51-19-17-50(18-20-51)26-31-5-11-36(12-6-31)48-43-46-24-34-14-16-52(27-39(34)49-43)40-25-45-42-41(29(40)2)44-15-21-53-42/h5-12,24-25,35,37-38,44,47H,1,3-4,13-23,26-27H2,2H3,(H,46,48,49). The summed E-state index contributed by atoms with van der Waals surface area (Å²) in [4.78, 5) is 21.9. The molecule has 10 heteroatoms. The Morgan fingerprint density at radius 3 is 2.49 bits per heavy atom. The Kier molecular flexibility index (Phi) is 9.25. The Morgan fingerprint density at radius 2 is 1.70 bits per heavy atom. The van der Waals surface area contributed by atoms with E-state index in [1.54, 1.807) is 0 Å². The molecule has 2 aromatic carbocycles. The Labute approximate surface area is 313 Å². The van der Waals surface area contributed by atoms with Gasteiger partial charge in [-0.1, -0.05) is 49.6 Å². The van der Waals surface area contributed by atoms with Crippen LogP contribution in [-0.2, 0) is 19.5 Å². The number of ether oxygens (including phenoxy) is 1. The molecule has 9 rings (SSSR count). The van der Waals surface area contributed by atoms with Gasteiger partial charge in [0.25, 0.3) is 0 Å². The smallest absolute Gasteiger partial charge is 0.237 e. The van der Waals surface area contributed by atoms with Crippen molar-refractivity contribution in [3.63, 3.8) is 0 Å². The fourth-order valence-corrected chi connectivity index (χ4v) is 8.86. The number of benzene rings is 2. The molecule has 1 saturated carbocycles. The molecule has 2 saturated heterocycles. The lowest BCUT2D eigenvalue weighted by Crippen LogP contribution is -2.53. The third-order valence-corrected chi connectivity index (χ3v) is 12.2. The first kappa shape index (κ1) is 33.9. The van der Waals surface area contributed by atoms with Crippen LogP contribution in [0.2, 0.25) is 0 Å². The number of fused-ring (bicyclic) bond motifs is 2. The molecule has 3 N–H and O–H groups in total. The summed E-state index contributed by atoms with van der Waals surface area (Å²) in [5.41, 5.74) is 12.9. The first-order chi connectivity index (χ1) is 25.9. The summed E-state index contributed by atoms with van der Waals surface area (Å²) in [6.45, 7) is 19.1. The highest BCUT2D eigenvalue weighted by Crippen LogP contribution is 2.41. The van der Waals surface area contributed by atoms with Crippen LogP contribution in [0.4, 0.5) is 23.0 Å². The molecule has 1 aliphatic carbocycles. The number of rotatable bonds is 8. The van der Waals surface area contributed by atoms with Gasteiger partial charge in [0, 0.05) is 86.6 Å². The minimum Gasteiger partial charge on any atom is -0.474 e.